The van der Waals surface area contributed by atoms with Crippen LogP contribution in [0.1, 0.15) is 50.8 Å². The molecule has 2 heterocycles. The van der Waals surface area contributed by atoms with Gasteiger partial charge in [-0.15, -0.1) is 0 Å². The summed E-state index contributed by atoms with van der Waals surface area (Å²) in [7, 11) is 0. The van der Waals surface area contributed by atoms with Crippen LogP contribution in [0.2, 0.25) is 0 Å². The number of hydrogen-bond acceptors (Lipinski definition) is 4. The Morgan fingerprint density at radius 3 is 2.90 bits per heavy atom. The fourth-order valence-electron chi connectivity index (χ4n) is 3.05. The van der Waals surface area contributed by atoms with Crippen LogP contribution in [-0.2, 0) is 4.79 Å². The van der Waals surface area contributed by atoms with Gasteiger partial charge in [-0.1, -0.05) is 19.8 Å². The summed E-state index contributed by atoms with van der Waals surface area (Å²) in [5.74, 6) is 0.306. The monoisotopic (exact) mass is 324 g/mol. The molecule has 1 aromatic rings. The molecule has 2 unspecified atom stereocenters. The first-order valence-corrected chi connectivity index (χ1v) is 9.99. The quantitative estimate of drug-likeness (QED) is 0.831. The van der Waals surface area contributed by atoms with E-state index < -0.39 is 0 Å². The second-order valence-corrected chi connectivity index (χ2v) is 8.23. The molecule has 1 aromatic heterocycles. The van der Waals surface area contributed by atoms with Crippen LogP contribution in [0, 0.1) is 0 Å². The van der Waals surface area contributed by atoms with Crippen LogP contribution < -0.4 is 5.32 Å². The van der Waals surface area contributed by atoms with Crippen molar-refractivity contribution in [2.45, 2.75) is 56.0 Å². The molecule has 1 N–H and O–H groups in total. The summed E-state index contributed by atoms with van der Waals surface area (Å²) < 4.78 is 0.325. The number of thioether (sulfide) groups is 1. The Kier molecular flexibility index (Phi) is 4.62. The maximum absolute atomic E-state index is 12.8. The van der Waals surface area contributed by atoms with Crippen LogP contribution in [0.3, 0.4) is 0 Å². The van der Waals surface area contributed by atoms with E-state index in [4.69, 9.17) is 0 Å². The fourth-order valence-corrected chi connectivity index (χ4v) is 4.50. The normalized spacial score (nSPS) is 27.3. The number of rotatable bonds is 7. The van der Waals surface area contributed by atoms with Crippen molar-refractivity contribution in [2.75, 3.05) is 12.8 Å². The number of amides is 1. The molecule has 2 atom stereocenters. The molecule has 0 radical (unpaired) electrons. The van der Waals surface area contributed by atoms with Gasteiger partial charge in [0.15, 0.2) is 0 Å². The largest absolute Gasteiger partial charge is 0.320 e. The lowest BCUT2D eigenvalue weighted by Gasteiger charge is -2.27. The first kappa shape index (κ1) is 15.4. The molecule has 116 valence electrons. The lowest BCUT2D eigenvalue weighted by Crippen LogP contribution is -2.37. The second kappa shape index (κ2) is 6.31. The summed E-state index contributed by atoms with van der Waals surface area (Å²) in [6.45, 7) is 3.07. The number of nitrogens with one attached hydrogen (secondary N) is 1. The number of unbranched alkanes of at least 4 members (excludes halogenated alkanes) is 1. The summed E-state index contributed by atoms with van der Waals surface area (Å²) in [6.07, 6.45) is 7.95. The van der Waals surface area contributed by atoms with Crippen LogP contribution in [0.15, 0.2) is 16.8 Å². The molecule has 3 rings (SSSR count). The van der Waals surface area contributed by atoms with Gasteiger partial charge in [0.1, 0.15) is 6.17 Å². The molecule has 1 aliphatic heterocycles. The molecule has 0 aromatic carbocycles. The highest BCUT2D eigenvalue weighted by molar-refractivity contribution is 8.00. The Bertz CT molecular complexity index is 484. The van der Waals surface area contributed by atoms with Crippen molar-refractivity contribution in [3.63, 3.8) is 0 Å². The average molecular weight is 325 g/mol. The molecular weight excluding hydrogens is 300 g/mol. The molecule has 1 saturated carbocycles. The lowest BCUT2D eigenvalue weighted by atomic mass is 10.1. The van der Waals surface area contributed by atoms with Gasteiger partial charge in [0, 0.05) is 11.3 Å². The second-order valence-electron chi connectivity index (χ2n) is 6.17. The van der Waals surface area contributed by atoms with Gasteiger partial charge >= 0.3 is 0 Å². The molecule has 0 bridgehead atoms. The fraction of sp³-hybridized carbons (Fsp3) is 0.688. The summed E-state index contributed by atoms with van der Waals surface area (Å²) in [5, 5.41) is 7.84. The zero-order chi connectivity index (χ0) is 14.9. The molecule has 5 heteroatoms. The van der Waals surface area contributed by atoms with Gasteiger partial charge in [0.05, 0.1) is 6.04 Å². The van der Waals surface area contributed by atoms with Gasteiger partial charge in [-0.2, -0.15) is 23.1 Å². The molecule has 3 nitrogen and oxygen atoms in total. The van der Waals surface area contributed by atoms with Gasteiger partial charge < -0.3 is 4.90 Å². The first-order valence-electron chi connectivity index (χ1n) is 7.83. The van der Waals surface area contributed by atoms with E-state index >= 15 is 0 Å². The van der Waals surface area contributed by atoms with Crippen LogP contribution >= 0.6 is 23.1 Å². The van der Waals surface area contributed by atoms with Gasteiger partial charge in [0.25, 0.3) is 0 Å². The van der Waals surface area contributed by atoms with Crippen molar-refractivity contribution >= 4 is 29.0 Å². The van der Waals surface area contributed by atoms with Gasteiger partial charge in [0.2, 0.25) is 5.91 Å². The standard InChI is InChI=1S/C16H24N2OS2/c1-3-4-5-13-15(19)18(11-16(20-2)7-8-16)14(17-13)12-6-9-21-10-12/h6,9-10,13-14,17H,3-5,7-8,11H2,1-2H3. The Labute approximate surface area is 135 Å². The maximum atomic E-state index is 12.8. The minimum Gasteiger partial charge on any atom is -0.320 e. The molecule has 2 aliphatic rings. The molecule has 0 spiro atoms. The van der Waals surface area contributed by atoms with Gasteiger partial charge in [-0.3, -0.25) is 10.1 Å². The highest BCUT2D eigenvalue weighted by Crippen LogP contribution is 2.49. The predicted octanol–water partition coefficient (Wildman–Crippen LogP) is 3.63. The van der Waals surface area contributed by atoms with Gasteiger partial charge in [-0.25, -0.2) is 0 Å². The van der Waals surface area contributed by atoms with Crippen LogP contribution in [-0.4, -0.2) is 34.4 Å². The van der Waals surface area contributed by atoms with E-state index in [1.165, 1.54) is 18.4 Å². The molecular formula is C16H24N2OS2. The molecule has 2 fully saturated rings. The van der Waals surface area contributed by atoms with Gasteiger partial charge in [-0.05, 0) is 47.9 Å². The summed E-state index contributed by atoms with van der Waals surface area (Å²) in [5.41, 5.74) is 1.24. The van der Waals surface area contributed by atoms with Crippen molar-refractivity contribution < 1.29 is 4.79 Å². The van der Waals surface area contributed by atoms with E-state index in [-0.39, 0.29) is 12.2 Å². The Morgan fingerprint density at radius 1 is 1.52 bits per heavy atom. The SMILES string of the molecule is CCCCC1NC(c2ccsc2)N(CC2(SC)CC2)C1=O. The van der Waals surface area contributed by atoms with Crippen molar-refractivity contribution in [2.24, 2.45) is 0 Å². The highest BCUT2D eigenvalue weighted by Gasteiger charge is 2.49. The van der Waals surface area contributed by atoms with Crippen molar-refractivity contribution in [3.8, 4) is 0 Å². The minimum atomic E-state index is 0.00695. The zero-order valence-electron chi connectivity index (χ0n) is 12.8. The van der Waals surface area contributed by atoms with Crippen LogP contribution in [0.25, 0.3) is 0 Å². The third kappa shape index (κ3) is 3.15. The number of carbonyl (C=O) groups is 1. The van der Waals surface area contributed by atoms with Crippen molar-refractivity contribution in [3.05, 3.63) is 22.4 Å². The van der Waals surface area contributed by atoms with E-state index in [1.54, 1.807) is 11.3 Å². The minimum absolute atomic E-state index is 0.00695. The van der Waals surface area contributed by atoms with E-state index in [1.807, 2.05) is 11.8 Å². The maximum Gasteiger partial charge on any atom is 0.241 e. The number of hydrogen-bond donors (Lipinski definition) is 1. The number of thiophene rings is 1. The number of nitrogens with zero attached hydrogens (tertiary/aromatic N) is 1. The highest BCUT2D eigenvalue weighted by atomic mass is 32.2. The Morgan fingerprint density at radius 2 is 2.33 bits per heavy atom. The molecule has 1 aliphatic carbocycles. The topological polar surface area (TPSA) is 32.3 Å². The smallest absolute Gasteiger partial charge is 0.241 e. The zero-order valence-corrected chi connectivity index (χ0v) is 14.4. The average Bonchev–Trinajstić information content (AvgIpc) is 2.93. The Balaban J connectivity index is 1.77. The third-order valence-corrected chi connectivity index (χ3v) is 6.76. The first-order chi connectivity index (χ1) is 10.2. The van der Waals surface area contributed by atoms with E-state index in [0.29, 0.717) is 10.7 Å². The van der Waals surface area contributed by atoms with Crippen molar-refractivity contribution in [1.82, 2.24) is 10.2 Å². The van der Waals surface area contributed by atoms with E-state index in [0.717, 1.165) is 25.8 Å². The van der Waals surface area contributed by atoms with E-state index in [2.05, 4.69) is 40.2 Å². The molecule has 21 heavy (non-hydrogen) atoms. The molecule has 1 amide bonds. The summed E-state index contributed by atoms with van der Waals surface area (Å²) >= 11 is 3.63. The summed E-state index contributed by atoms with van der Waals surface area (Å²) in [4.78, 5) is 14.9. The van der Waals surface area contributed by atoms with Crippen LogP contribution in [0.4, 0.5) is 0 Å². The summed E-state index contributed by atoms with van der Waals surface area (Å²) in [6, 6.07) is 2.15. The predicted molar refractivity (Wildman–Crippen MR) is 90.7 cm³/mol. The van der Waals surface area contributed by atoms with Crippen molar-refractivity contribution in [1.29, 1.82) is 0 Å². The Hall–Kier alpha value is -0.520. The van der Waals surface area contributed by atoms with E-state index in [9.17, 15) is 4.79 Å². The van der Waals surface area contributed by atoms with Crippen LogP contribution in [0.5, 0.6) is 0 Å². The lowest BCUT2D eigenvalue weighted by molar-refractivity contribution is -0.130. The third-order valence-electron chi connectivity index (χ3n) is 4.66. The molecule has 1 saturated heterocycles. The number of carbonyl (C=O) groups excluding carboxylic acids is 1.